The molecular weight excluding hydrogens is 382 g/mol. The van der Waals surface area contributed by atoms with E-state index >= 15 is 0 Å². The molecule has 2 rings (SSSR count). The van der Waals surface area contributed by atoms with Gasteiger partial charge in [0.1, 0.15) is 12.6 Å². The zero-order valence-corrected chi connectivity index (χ0v) is 20.2. The predicted molar refractivity (Wildman–Crippen MR) is 133 cm³/mol. The van der Waals surface area contributed by atoms with E-state index in [0.29, 0.717) is 13.2 Å². The van der Waals surface area contributed by atoms with E-state index in [1.165, 1.54) is 103 Å². The van der Waals surface area contributed by atoms with Crippen LogP contribution in [0.15, 0.2) is 35.3 Å². The van der Waals surface area contributed by atoms with Crippen LogP contribution >= 0.6 is 0 Å². The number of ether oxygens (including phenoxy) is 2. The number of rotatable bonds is 20. The maximum Gasteiger partial charge on any atom is 0.216 e. The molecular formula is C28H47NO2. The Balaban J connectivity index is 1.29. The Kier molecular flexibility index (Phi) is 15.2. The fraction of sp³-hybridized carbons (Fsp3) is 0.750. The van der Waals surface area contributed by atoms with Crippen LogP contribution in [-0.4, -0.2) is 31.8 Å². The Morgan fingerprint density at radius 1 is 0.742 bits per heavy atom. The van der Waals surface area contributed by atoms with E-state index < -0.39 is 0 Å². The maximum absolute atomic E-state index is 5.83. The Labute approximate surface area is 192 Å². The van der Waals surface area contributed by atoms with Crippen molar-refractivity contribution in [1.82, 2.24) is 0 Å². The van der Waals surface area contributed by atoms with Gasteiger partial charge in [-0.2, -0.15) is 0 Å². The lowest BCUT2D eigenvalue weighted by Gasteiger charge is -2.07. The normalized spacial score (nSPS) is 15.8. The third-order valence-electron chi connectivity index (χ3n) is 6.19. The van der Waals surface area contributed by atoms with Crippen LogP contribution in [0.5, 0.6) is 0 Å². The Morgan fingerprint density at radius 2 is 1.26 bits per heavy atom. The number of hydrogen-bond donors (Lipinski definition) is 0. The standard InChI is InChI=1S/C28H47NO2/c1-2-3-4-5-6-7-8-9-10-11-12-13-14-15-16-20-23-30-24-27-25-31-28(29-27)26-21-18-17-19-22-26/h17-19,21-22,27H,2-16,20,23-25H2,1H3/t27-/m1/s1. The van der Waals surface area contributed by atoms with Gasteiger partial charge in [-0.1, -0.05) is 121 Å². The van der Waals surface area contributed by atoms with E-state index in [1.807, 2.05) is 30.3 Å². The smallest absolute Gasteiger partial charge is 0.216 e. The first-order valence-corrected chi connectivity index (χ1v) is 13.2. The molecule has 1 aromatic rings. The fourth-order valence-electron chi connectivity index (χ4n) is 4.21. The molecule has 1 aromatic carbocycles. The van der Waals surface area contributed by atoms with Gasteiger partial charge in [0.25, 0.3) is 0 Å². The van der Waals surface area contributed by atoms with Crippen LogP contribution in [0.2, 0.25) is 0 Å². The molecule has 0 amide bonds. The zero-order valence-electron chi connectivity index (χ0n) is 20.2. The van der Waals surface area contributed by atoms with Crippen LogP contribution < -0.4 is 0 Å². The van der Waals surface area contributed by atoms with Crippen molar-refractivity contribution < 1.29 is 9.47 Å². The van der Waals surface area contributed by atoms with E-state index in [0.717, 1.165) is 18.1 Å². The zero-order chi connectivity index (χ0) is 21.8. The molecule has 176 valence electrons. The van der Waals surface area contributed by atoms with Gasteiger partial charge in [0.2, 0.25) is 5.90 Å². The van der Waals surface area contributed by atoms with Crippen LogP contribution in [0.3, 0.4) is 0 Å². The van der Waals surface area contributed by atoms with Crippen molar-refractivity contribution in [2.75, 3.05) is 19.8 Å². The highest BCUT2D eigenvalue weighted by molar-refractivity contribution is 5.95. The Morgan fingerprint density at radius 3 is 1.81 bits per heavy atom. The lowest BCUT2D eigenvalue weighted by atomic mass is 10.0. The average Bonchev–Trinajstić information content (AvgIpc) is 3.28. The summed E-state index contributed by atoms with van der Waals surface area (Å²) in [5.74, 6) is 0.761. The number of unbranched alkanes of at least 4 members (excludes halogenated alkanes) is 15. The Hall–Kier alpha value is -1.35. The maximum atomic E-state index is 5.83. The first kappa shape index (κ1) is 25.9. The van der Waals surface area contributed by atoms with Gasteiger partial charge in [0.05, 0.1) is 6.61 Å². The molecule has 1 aliphatic rings. The number of aliphatic imine (C=N–C) groups is 1. The summed E-state index contributed by atoms with van der Waals surface area (Å²) in [4.78, 5) is 4.64. The average molecular weight is 430 g/mol. The molecule has 31 heavy (non-hydrogen) atoms. The number of hydrogen-bond acceptors (Lipinski definition) is 3. The molecule has 0 unspecified atom stereocenters. The molecule has 0 aliphatic carbocycles. The molecule has 0 N–H and O–H groups in total. The molecule has 3 nitrogen and oxygen atoms in total. The van der Waals surface area contributed by atoms with Crippen LogP contribution in [0, 0.1) is 0 Å². The van der Waals surface area contributed by atoms with E-state index in [9.17, 15) is 0 Å². The van der Waals surface area contributed by atoms with Gasteiger partial charge >= 0.3 is 0 Å². The highest BCUT2D eigenvalue weighted by atomic mass is 16.5. The predicted octanol–water partition coefficient (Wildman–Crippen LogP) is 8.11. The van der Waals surface area contributed by atoms with Crippen molar-refractivity contribution in [1.29, 1.82) is 0 Å². The number of benzene rings is 1. The quantitative estimate of drug-likeness (QED) is 0.196. The molecule has 0 fully saturated rings. The first-order chi connectivity index (χ1) is 15.4. The molecule has 0 saturated carbocycles. The van der Waals surface area contributed by atoms with Gasteiger partial charge in [-0.05, 0) is 18.6 Å². The fourth-order valence-corrected chi connectivity index (χ4v) is 4.21. The third-order valence-corrected chi connectivity index (χ3v) is 6.19. The highest BCUT2D eigenvalue weighted by Gasteiger charge is 2.19. The summed E-state index contributed by atoms with van der Waals surface area (Å²) >= 11 is 0. The van der Waals surface area contributed by atoms with Crippen molar-refractivity contribution in [3.63, 3.8) is 0 Å². The lowest BCUT2D eigenvalue weighted by Crippen LogP contribution is -2.15. The van der Waals surface area contributed by atoms with E-state index in [-0.39, 0.29) is 6.04 Å². The minimum Gasteiger partial charge on any atom is -0.475 e. The molecule has 1 atom stereocenters. The lowest BCUT2D eigenvalue weighted by molar-refractivity contribution is 0.109. The molecule has 0 spiro atoms. The van der Waals surface area contributed by atoms with Gasteiger partial charge < -0.3 is 9.47 Å². The van der Waals surface area contributed by atoms with Crippen molar-refractivity contribution in [2.45, 2.75) is 116 Å². The molecule has 0 aromatic heterocycles. The summed E-state index contributed by atoms with van der Waals surface area (Å²) in [5, 5.41) is 0. The van der Waals surface area contributed by atoms with Gasteiger partial charge in [-0.15, -0.1) is 0 Å². The second kappa shape index (κ2) is 18.2. The second-order valence-electron chi connectivity index (χ2n) is 9.14. The third kappa shape index (κ3) is 12.9. The van der Waals surface area contributed by atoms with Crippen molar-refractivity contribution in [2.24, 2.45) is 4.99 Å². The van der Waals surface area contributed by atoms with Gasteiger partial charge in [-0.3, -0.25) is 0 Å². The Bertz CT molecular complexity index is 557. The summed E-state index contributed by atoms with van der Waals surface area (Å²) < 4.78 is 11.5. The molecule has 0 radical (unpaired) electrons. The molecule has 0 bridgehead atoms. The van der Waals surface area contributed by atoms with E-state index in [1.54, 1.807) is 0 Å². The summed E-state index contributed by atoms with van der Waals surface area (Å²) in [6, 6.07) is 10.3. The van der Waals surface area contributed by atoms with Crippen LogP contribution in [0.4, 0.5) is 0 Å². The van der Waals surface area contributed by atoms with Crippen molar-refractivity contribution >= 4 is 5.90 Å². The van der Waals surface area contributed by atoms with Crippen molar-refractivity contribution in [3.05, 3.63) is 35.9 Å². The summed E-state index contributed by atoms with van der Waals surface area (Å²) in [5.41, 5.74) is 1.06. The largest absolute Gasteiger partial charge is 0.475 e. The molecule has 1 aliphatic heterocycles. The minimum absolute atomic E-state index is 0.149. The molecule has 0 saturated heterocycles. The van der Waals surface area contributed by atoms with Crippen LogP contribution in [0.25, 0.3) is 0 Å². The van der Waals surface area contributed by atoms with Gasteiger partial charge in [0, 0.05) is 12.2 Å². The highest BCUT2D eigenvalue weighted by Crippen LogP contribution is 2.14. The van der Waals surface area contributed by atoms with Crippen LogP contribution in [-0.2, 0) is 9.47 Å². The molecule has 1 heterocycles. The van der Waals surface area contributed by atoms with Gasteiger partial charge in [-0.25, -0.2) is 4.99 Å². The summed E-state index contributed by atoms with van der Waals surface area (Å²) in [6.07, 6.45) is 22.4. The topological polar surface area (TPSA) is 30.8 Å². The van der Waals surface area contributed by atoms with Gasteiger partial charge in [0.15, 0.2) is 0 Å². The number of nitrogens with zero attached hydrogens (tertiary/aromatic N) is 1. The second-order valence-corrected chi connectivity index (χ2v) is 9.14. The SMILES string of the molecule is CCCCCCCCCCCCCCCCCCOC[C@@H]1COC(c2ccccc2)=N1. The minimum atomic E-state index is 0.149. The van der Waals surface area contributed by atoms with Crippen LogP contribution in [0.1, 0.15) is 115 Å². The first-order valence-electron chi connectivity index (χ1n) is 13.2. The molecule has 3 heteroatoms. The van der Waals surface area contributed by atoms with E-state index in [4.69, 9.17) is 9.47 Å². The van der Waals surface area contributed by atoms with E-state index in [2.05, 4.69) is 11.9 Å². The monoisotopic (exact) mass is 429 g/mol. The summed E-state index contributed by atoms with van der Waals surface area (Å²) in [6.45, 7) is 4.46. The summed E-state index contributed by atoms with van der Waals surface area (Å²) in [7, 11) is 0. The van der Waals surface area contributed by atoms with Crippen molar-refractivity contribution in [3.8, 4) is 0 Å².